The van der Waals surface area contributed by atoms with Gasteiger partial charge in [-0.05, 0) is 35.4 Å². The van der Waals surface area contributed by atoms with Crippen molar-refractivity contribution in [1.29, 1.82) is 0 Å². The fourth-order valence-electron chi connectivity index (χ4n) is 2.83. The van der Waals surface area contributed by atoms with Crippen molar-refractivity contribution in [2.24, 2.45) is 0 Å². The zero-order valence-corrected chi connectivity index (χ0v) is 13.5. The zero-order valence-electron chi connectivity index (χ0n) is 13.5. The summed E-state index contributed by atoms with van der Waals surface area (Å²) in [6.07, 6.45) is 0. The fraction of sp³-hybridized carbons (Fsp3) is 0.0952. The van der Waals surface area contributed by atoms with E-state index >= 15 is 8.78 Å². The Balaban J connectivity index is 2.11. The molecule has 0 amide bonds. The van der Waals surface area contributed by atoms with Crippen LogP contribution in [0.2, 0.25) is 0 Å². The van der Waals surface area contributed by atoms with Gasteiger partial charge in [-0.1, -0.05) is 54.6 Å². The molecule has 0 heterocycles. The number of rotatable bonds is 5. The van der Waals surface area contributed by atoms with Gasteiger partial charge < -0.3 is 0 Å². The van der Waals surface area contributed by atoms with Crippen LogP contribution in [0.5, 0.6) is 0 Å². The van der Waals surface area contributed by atoms with E-state index in [1.807, 2.05) is 0 Å². The highest BCUT2D eigenvalue weighted by Gasteiger charge is 2.48. The van der Waals surface area contributed by atoms with Crippen LogP contribution < -0.4 is 0 Å². The second kappa shape index (κ2) is 7.12. The number of ketones is 1. The van der Waals surface area contributed by atoms with E-state index in [1.165, 1.54) is 48.5 Å². The van der Waals surface area contributed by atoms with Crippen molar-refractivity contribution in [3.05, 3.63) is 107 Å². The molecule has 3 rings (SSSR count). The maximum Gasteiger partial charge on any atom is 0.320 e. The van der Waals surface area contributed by atoms with E-state index in [4.69, 9.17) is 0 Å². The van der Waals surface area contributed by atoms with E-state index in [-0.39, 0.29) is 16.7 Å². The third-order valence-corrected chi connectivity index (χ3v) is 4.11. The fourth-order valence-corrected chi connectivity index (χ4v) is 2.83. The lowest BCUT2D eigenvalue weighted by molar-refractivity contribution is -0.000321. The first-order chi connectivity index (χ1) is 12.4. The van der Waals surface area contributed by atoms with E-state index in [0.29, 0.717) is 0 Å². The van der Waals surface area contributed by atoms with E-state index in [2.05, 4.69) is 0 Å². The van der Waals surface area contributed by atoms with Gasteiger partial charge in [0.25, 0.3) is 0 Å². The first kappa shape index (κ1) is 17.9. The summed E-state index contributed by atoms with van der Waals surface area (Å²) in [7, 11) is 0. The van der Waals surface area contributed by atoms with Crippen LogP contribution in [0.4, 0.5) is 17.6 Å². The van der Waals surface area contributed by atoms with Crippen molar-refractivity contribution in [3.63, 3.8) is 0 Å². The Bertz CT molecular complexity index is 842. The molecule has 3 aromatic carbocycles. The molecule has 0 bridgehead atoms. The van der Waals surface area contributed by atoms with Gasteiger partial charge in [-0.3, -0.25) is 4.79 Å². The molecule has 3 aromatic rings. The van der Waals surface area contributed by atoms with Crippen LogP contribution in [-0.4, -0.2) is 11.7 Å². The lowest BCUT2D eigenvalue weighted by atomic mass is 9.82. The molecule has 5 heteroatoms. The van der Waals surface area contributed by atoms with Crippen LogP contribution in [0, 0.1) is 11.6 Å². The number of benzene rings is 3. The summed E-state index contributed by atoms with van der Waals surface area (Å²) in [5, 5.41) is 0. The molecule has 0 saturated carbocycles. The summed E-state index contributed by atoms with van der Waals surface area (Å²) in [4.78, 5) is 12.5. The third-order valence-electron chi connectivity index (χ3n) is 4.11. The molecule has 0 atom stereocenters. The smallest absolute Gasteiger partial charge is 0.287 e. The van der Waals surface area contributed by atoms with E-state index in [0.717, 1.165) is 24.3 Å². The topological polar surface area (TPSA) is 17.1 Å². The number of carbonyl (C=O) groups is 1. The molecule has 0 unspecified atom stereocenters. The van der Waals surface area contributed by atoms with E-state index in [9.17, 15) is 13.6 Å². The maximum atomic E-state index is 15.2. The Hall–Kier alpha value is -2.95. The summed E-state index contributed by atoms with van der Waals surface area (Å²) in [5.74, 6) is -7.99. The highest BCUT2D eigenvalue weighted by molar-refractivity contribution is 6.02. The quantitative estimate of drug-likeness (QED) is 0.428. The van der Waals surface area contributed by atoms with Gasteiger partial charge in [-0.15, -0.1) is 0 Å². The van der Waals surface area contributed by atoms with Gasteiger partial charge in [0.15, 0.2) is 0 Å². The van der Waals surface area contributed by atoms with E-state index < -0.39 is 29.3 Å². The molecular formula is C21H14F4O. The number of carbonyl (C=O) groups excluding carboxylic acids is 1. The van der Waals surface area contributed by atoms with Crippen LogP contribution >= 0.6 is 0 Å². The molecule has 0 fully saturated rings. The minimum absolute atomic E-state index is 0.0623. The first-order valence-corrected chi connectivity index (χ1v) is 7.88. The number of hydrogen-bond donors (Lipinski definition) is 0. The van der Waals surface area contributed by atoms with Crippen LogP contribution in [-0.2, 0) is 0 Å². The molecule has 132 valence electrons. The standard InChI is InChI=1S/C21H14F4O/c22-17-10-6-14(7-11-17)19(15-8-12-18(23)13-9-15)21(24,25)20(26)16-4-2-1-3-5-16/h1-13,19H. The highest BCUT2D eigenvalue weighted by Crippen LogP contribution is 2.41. The molecular weight excluding hydrogens is 344 g/mol. The molecule has 0 spiro atoms. The maximum absolute atomic E-state index is 15.2. The zero-order chi connectivity index (χ0) is 18.7. The first-order valence-electron chi connectivity index (χ1n) is 7.88. The molecule has 0 aliphatic rings. The Morgan fingerprint density at radius 1 is 0.692 bits per heavy atom. The number of hydrogen-bond acceptors (Lipinski definition) is 1. The predicted molar refractivity (Wildman–Crippen MR) is 90.4 cm³/mol. The monoisotopic (exact) mass is 358 g/mol. The summed E-state index contributed by atoms with van der Waals surface area (Å²) in [5.41, 5.74) is -0.00805. The molecule has 0 radical (unpaired) electrons. The highest BCUT2D eigenvalue weighted by atomic mass is 19.3. The van der Waals surface area contributed by atoms with Crippen LogP contribution in [0.15, 0.2) is 78.9 Å². The largest absolute Gasteiger partial charge is 0.320 e. The second-order valence-electron chi connectivity index (χ2n) is 5.85. The van der Waals surface area contributed by atoms with Gasteiger partial charge in [0.2, 0.25) is 5.78 Å². The van der Waals surface area contributed by atoms with Gasteiger partial charge >= 0.3 is 5.92 Å². The predicted octanol–water partition coefficient (Wildman–Crippen LogP) is 5.61. The third kappa shape index (κ3) is 3.52. The van der Waals surface area contributed by atoms with Gasteiger partial charge in [0.1, 0.15) is 11.6 Å². The Morgan fingerprint density at radius 2 is 1.12 bits per heavy atom. The molecule has 0 aromatic heterocycles. The Labute approximate surface area is 147 Å². The molecule has 0 N–H and O–H groups in total. The Morgan fingerprint density at radius 3 is 1.54 bits per heavy atom. The molecule has 1 nitrogen and oxygen atoms in total. The van der Waals surface area contributed by atoms with Crippen LogP contribution in [0.1, 0.15) is 27.4 Å². The summed E-state index contributed by atoms with van der Waals surface area (Å²) >= 11 is 0. The van der Waals surface area contributed by atoms with Crippen molar-refractivity contribution in [1.82, 2.24) is 0 Å². The number of Topliss-reactive ketones (excluding diaryl/α,β-unsaturated/α-hetero) is 1. The lowest BCUT2D eigenvalue weighted by Gasteiger charge is -2.27. The number of alkyl halides is 2. The molecule has 0 saturated heterocycles. The Kier molecular flexibility index (Phi) is 4.89. The van der Waals surface area contributed by atoms with E-state index in [1.54, 1.807) is 6.07 Å². The molecule has 0 aliphatic heterocycles. The van der Waals surface area contributed by atoms with Gasteiger partial charge in [0.05, 0.1) is 5.92 Å². The van der Waals surface area contributed by atoms with Crippen LogP contribution in [0.25, 0.3) is 0 Å². The van der Waals surface area contributed by atoms with Crippen LogP contribution in [0.3, 0.4) is 0 Å². The summed E-state index contributed by atoms with van der Waals surface area (Å²) < 4.78 is 56.8. The molecule has 0 aliphatic carbocycles. The minimum Gasteiger partial charge on any atom is -0.287 e. The van der Waals surface area contributed by atoms with Gasteiger partial charge in [-0.2, -0.15) is 8.78 Å². The summed E-state index contributed by atoms with van der Waals surface area (Å²) in [6, 6.07) is 16.2. The minimum atomic E-state index is -3.81. The van der Waals surface area contributed by atoms with Crippen molar-refractivity contribution < 1.29 is 22.4 Å². The average molecular weight is 358 g/mol. The summed E-state index contributed by atoms with van der Waals surface area (Å²) in [6.45, 7) is 0. The average Bonchev–Trinajstić information content (AvgIpc) is 2.65. The van der Waals surface area contributed by atoms with Crippen molar-refractivity contribution in [2.45, 2.75) is 11.8 Å². The number of halogens is 4. The van der Waals surface area contributed by atoms with Gasteiger partial charge in [-0.25, -0.2) is 8.78 Å². The second-order valence-corrected chi connectivity index (χ2v) is 5.85. The SMILES string of the molecule is O=C(c1ccccc1)C(F)(F)C(c1ccc(F)cc1)c1ccc(F)cc1. The van der Waals surface area contributed by atoms with Gasteiger partial charge in [0, 0.05) is 5.56 Å². The lowest BCUT2D eigenvalue weighted by Crippen LogP contribution is -2.36. The normalized spacial score (nSPS) is 11.6. The van der Waals surface area contributed by atoms with Crippen molar-refractivity contribution >= 4 is 5.78 Å². The van der Waals surface area contributed by atoms with Crippen molar-refractivity contribution in [3.8, 4) is 0 Å². The van der Waals surface area contributed by atoms with Crippen molar-refractivity contribution in [2.75, 3.05) is 0 Å². The molecule has 26 heavy (non-hydrogen) atoms.